The van der Waals surface area contributed by atoms with Gasteiger partial charge < -0.3 is 10.4 Å². The van der Waals surface area contributed by atoms with E-state index in [2.05, 4.69) is 23.3 Å². The van der Waals surface area contributed by atoms with Crippen LogP contribution in [0.1, 0.15) is 50.6 Å². The van der Waals surface area contributed by atoms with Gasteiger partial charge in [-0.1, -0.05) is 25.3 Å². The third-order valence-corrected chi connectivity index (χ3v) is 3.71. The van der Waals surface area contributed by atoms with Crippen LogP contribution in [-0.2, 0) is 0 Å². The summed E-state index contributed by atoms with van der Waals surface area (Å²) in [4.78, 5) is 4.12. The largest absolute Gasteiger partial charge is 0.389 e. The molecule has 1 aliphatic rings. The lowest BCUT2D eigenvalue weighted by Crippen LogP contribution is -2.42. The first-order valence-electron chi connectivity index (χ1n) is 6.55. The van der Waals surface area contributed by atoms with Crippen molar-refractivity contribution in [2.45, 2.75) is 50.7 Å². The second-order valence-electron chi connectivity index (χ2n) is 5.17. The fraction of sp³-hybridized carbons (Fsp3) is 0.643. The molecule has 17 heavy (non-hydrogen) atoms. The molecule has 0 unspecified atom stereocenters. The molecule has 1 aromatic rings. The molecule has 3 nitrogen and oxygen atoms in total. The highest BCUT2D eigenvalue weighted by molar-refractivity contribution is 5.12. The van der Waals surface area contributed by atoms with Crippen molar-refractivity contribution in [3.05, 3.63) is 30.1 Å². The zero-order valence-electron chi connectivity index (χ0n) is 10.5. The number of rotatable bonds is 4. The van der Waals surface area contributed by atoms with Crippen molar-refractivity contribution in [3.63, 3.8) is 0 Å². The number of hydrogen-bond donors (Lipinski definition) is 2. The van der Waals surface area contributed by atoms with Gasteiger partial charge in [-0.25, -0.2) is 0 Å². The van der Waals surface area contributed by atoms with E-state index in [1.807, 2.05) is 12.3 Å². The Labute approximate surface area is 103 Å². The Morgan fingerprint density at radius 2 is 2.18 bits per heavy atom. The number of nitrogens with one attached hydrogen (secondary N) is 1. The summed E-state index contributed by atoms with van der Waals surface area (Å²) in [6.45, 7) is 2.80. The summed E-state index contributed by atoms with van der Waals surface area (Å²) < 4.78 is 0. The maximum absolute atomic E-state index is 10.4. The zero-order valence-corrected chi connectivity index (χ0v) is 10.5. The molecule has 0 spiro atoms. The van der Waals surface area contributed by atoms with E-state index in [9.17, 15) is 5.11 Å². The minimum atomic E-state index is -0.491. The van der Waals surface area contributed by atoms with E-state index in [-0.39, 0.29) is 6.04 Å². The molecular formula is C14H22N2O. The topological polar surface area (TPSA) is 45.1 Å². The Morgan fingerprint density at radius 1 is 1.41 bits per heavy atom. The summed E-state index contributed by atoms with van der Waals surface area (Å²) in [6.07, 6.45) is 9.09. The van der Waals surface area contributed by atoms with E-state index in [1.54, 1.807) is 6.20 Å². The van der Waals surface area contributed by atoms with Gasteiger partial charge in [0, 0.05) is 25.0 Å². The summed E-state index contributed by atoms with van der Waals surface area (Å²) >= 11 is 0. The normalized spacial score (nSPS) is 21.1. The Balaban J connectivity index is 1.85. The lowest BCUT2D eigenvalue weighted by Gasteiger charge is -2.33. The standard InChI is InChI=1S/C14H22N2O/c1-12(13-6-5-9-15-10-13)16-11-14(17)7-3-2-4-8-14/h5-6,9-10,12,16-17H,2-4,7-8,11H2,1H3/t12-/m1/s1. The molecule has 0 bridgehead atoms. The molecule has 1 saturated carbocycles. The second kappa shape index (κ2) is 5.61. The Kier molecular flexibility index (Phi) is 4.13. The number of nitrogens with zero attached hydrogens (tertiary/aromatic N) is 1. The molecule has 0 aromatic carbocycles. The highest BCUT2D eigenvalue weighted by atomic mass is 16.3. The van der Waals surface area contributed by atoms with Crippen LogP contribution in [-0.4, -0.2) is 22.2 Å². The lowest BCUT2D eigenvalue weighted by atomic mass is 9.84. The first-order valence-corrected chi connectivity index (χ1v) is 6.55. The molecule has 0 saturated heterocycles. The van der Waals surface area contributed by atoms with Crippen molar-refractivity contribution in [1.82, 2.24) is 10.3 Å². The summed E-state index contributed by atoms with van der Waals surface area (Å²) in [5.74, 6) is 0. The van der Waals surface area contributed by atoms with Crippen molar-refractivity contribution in [3.8, 4) is 0 Å². The number of pyridine rings is 1. The summed E-state index contributed by atoms with van der Waals surface area (Å²) in [5, 5.41) is 13.8. The van der Waals surface area contributed by atoms with Gasteiger partial charge in [-0.2, -0.15) is 0 Å². The highest BCUT2D eigenvalue weighted by Gasteiger charge is 2.29. The van der Waals surface area contributed by atoms with Gasteiger partial charge in [-0.15, -0.1) is 0 Å². The molecule has 1 aliphatic carbocycles. The van der Waals surface area contributed by atoms with Crippen molar-refractivity contribution < 1.29 is 5.11 Å². The van der Waals surface area contributed by atoms with Gasteiger partial charge in [0.25, 0.3) is 0 Å². The van der Waals surface area contributed by atoms with Crippen LogP contribution < -0.4 is 5.32 Å². The molecule has 1 fully saturated rings. The molecule has 1 aromatic heterocycles. The second-order valence-corrected chi connectivity index (χ2v) is 5.17. The Morgan fingerprint density at radius 3 is 2.82 bits per heavy atom. The van der Waals surface area contributed by atoms with Crippen LogP contribution >= 0.6 is 0 Å². The quantitative estimate of drug-likeness (QED) is 0.841. The van der Waals surface area contributed by atoms with Crippen molar-refractivity contribution in [2.24, 2.45) is 0 Å². The van der Waals surface area contributed by atoms with Gasteiger partial charge in [-0.05, 0) is 31.4 Å². The SMILES string of the molecule is C[C@@H](NCC1(O)CCCCC1)c1cccnc1. The molecule has 3 heteroatoms. The van der Waals surface area contributed by atoms with E-state index < -0.39 is 5.60 Å². The minimum absolute atomic E-state index is 0.245. The van der Waals surface area contributed by atoms with Gasteiger partial charge in [0.1, 0.15) is 0 Å². The average Bonchev–Trinajstić information content (AvgIpc) is 2.38. The number of hydrogen-bond acceptors (Lipinski definition) is 3. The third kappa shape index (κ3) is 3.51. The first kappa shape index (κ1) is 12.5. The predicted molar refractivity (Wildman–Crippen MR) is 68.7 cm³/mol. The van der Waals surface area contributed by atoms with Crippen molar-refractivity contribution >= 4 is 0 Å². The molecule has 0 radical (unpaired) electrons. The molecule has 0 amide bonds. The molecule has 1 heterocycles. The molecule has 2 rings (SSSR count). The van der Waals surface area contributed by atoms with E-state index >= 15 is 0 Å². The van der Waals surface area contributed by atoms with Gasteiger partial charge in [0.15, 0.2) is 0 Å². The third-order valence-electron chi connectivity index (χ3n) is 3.71. The van der Waals surface area contributed by atoms with Crippen LogP contribution in [0.5, 0.6) is 0 Å². The van der Waals surface area contributed by atoms with E-state index in [0.717, 1.165) is 25.7 Å². The Hall–Kier alpha value is -0.930. The lowest BCUT2D eigenvalue weighted by molar-refractivity contribution is 0.00299. The van der Waals surface area contributed by atoms with Crippen molar-refractivity contribution in [2.75, 3.05) is 6.54 Å². The summed E-state index contributed by atoms with van der Waals surface area (Å²) in [6, 6.07) is 4.26. The molecule has 0 aliphatic heterocycles. The maximum atomic E-state index is 10.4. The van der Waals surface area contributed by atoms with E-state index in [0.29, 0.717) is 6.54 Å². The fourth-order valence-corrected chi connectivity index (χ4v) is 2.48. The highest BCUT2D eigenvalue weighted by Crippen LogP contribution is 2.27. The minimum Gasteiger partial charge on any atom is -0.389 e. The van der Waals surface area contributed by atoms with Crippen molar-refractivity contribution in [1.29, 1.82) is 0 Å². The molecular weight excluding hydrogens is 212 g/mol. The predicted octanol–water partition coefficient (Wildman–Crippen LogP) is 2.43. The van der Waals surface area contributed by atoms with Gasteiger partial charge >= 0.3 is 0 Å². The first-order chi connectivity index (χ1) is 8.20. The van der Waals surface area contributed by atoms with Crippen LogP contribution in [0.2, 0.25) is 0 Å². The van der Waals surface area contributed by atoms with Crippen LogP contribution in [0.15, 0.2) is 24.5 Å². The molecule has 1 atom stereocenters. The van der Waals surface area contributed by atoms with Crippen LogP contribution in [0.3, 0.4) is 0 Å². The van der Waals surface area contributed by atoms with E-state index in [4.69, 9.17) is 0 Å². The monoisotopic (exact) mass is 234 g/mol. The number of aliphatic hydroxyl groups is 1. The summed E-state index contributed by atoms with van der Waals surface area (Å²) in [7, 11) is 0. The van der Waals surface area contributed by atoms with Gasteiger partial charge in [-0.3, -0.25) is 4.98 Å². The fourth-order valence-electron chi connectivity index (χ4n) is 2.48. The van der Waals surface area contributed by atoms with Crippen LogP contribution in [0.4, 0.5) is 0 Å². The smallest absolute Gasteiger partial charge is 0.0771 e. The Bertz CT molecular complexity index is 333. The van der Waals surface area contributed by atoms with Crippen LogP contribution in [0, 0.1) is 0 Å². The van der Waals surface area contributed by atoms with Crippen LogP contribution in [0.25, 0.3) is 0 Å². The molecule has 94 valence electrons. The summed E-state index contributed by atoms with van der Waals surface area (Å²) in [5.41, 5.74) is 0.682. The average molecular weight is 234 g/mol. The number of aromatic nitrogens is 1. The van der Waals surface area contributed by atoms with Gasteiger partial charge in [0.05, 0.1) is 5.60 Å². The zero-order chi connectivity index (χ0) is 12.1. The molecule has 2 N–H and O–H groups in total. The van der Waals surface area contributed by atoms with E-state index in [1.165, 1.54) is 12.0 Å². The van der Waals surface area contributed by atoms with Gasteiger partial charge in [0.2, 0.25) is 0 Å². The maximum Gasteiger partial charge on any atom is 0.0771 e.